The zero-order valence-corrected chi connectivity index (χ0v) is 13.8. The lowest BCUT2D eigenvalue weighted by Crippen LogP contribution is -2.38. The van der Waals surface area contributed by atoms with Crippen molar-refractivity contribution in [2.24, 2.45) is 0 Å². The highest BCUT2D eigenvalue weighted by Gasteiger charge is 2.25. The Morgan fingerprint density at radius 2 is 2.17 bits per heavy atom. The van der Waals surface area contributed by atoms with Gasteiger partial charge in [-0.25, -0.2) is 18.1 Å². The number of nitrogens with zero attached hydrogens (tertiary/aromatic N) is 3. The van der Waals surface area contributed by atoms with Crippen molar-refractivity contribution in [3.05, 3.63) is 41.4 Å². The molecule has 0 fully saturated rings. The molecule has 124 valence electrons. The molecule has 8 nitrogen and oxygen atoms in total. The fourth-order valence-corrected chi connectivity index (χ4v) is 2.89. The first kappa shape index (κ1) is 15.8. The van der Waals surface area contributed by atoms with E-state index in [2.05, 4.69) is 9.71 Å². The number of amides is 1. The van der Waals surface area contributed by atoms with Gasteiger partial charge < -0.3 is 13.9 Å². The van der Waals surface area contributed by atoms with Crippen molar-refractivity contribution in [3.8, 4) is 0 Å². The fraction of sp³-hybridized carbons (Fsp3) is 0.429. The van der Waals surface area contributed by atoms with Gasteiger partial charge in [-0.05, 0) is 19.1 Å². The van der Waals surface area contributed by atoms with Crippen LogP contribution in [0.15, 0.2) is 22.7 Å². The Labute approximate surface area is 134 Å². The van der Waals surface area contributed by atoms with E-state index in [4.69, 9.17) is 4.42 Å². The highest BCUT2D eigenvalue weighted by Crippen LogP contribution is 2.17. The summed E-state index contributed by atoms with van der Waals surface area (Å²) in [6.45, 7) is 3.48. The largest absolute Gasteiger partial charge is 0.456 e. The van der Waals surface area contributed by atoms with Crippen molar-refractivity contribution in [2.45, 2.75) is 26.6 Å². The minimum atomic E-state index is -3.26. The van der Waals surface area contributed by atoms with E-state index in [1.807, 2.05) is 10.8 Å². The molecule has 2 aromatic heterocycles. The average molecular weight is 338 g/mol. The van der Waals surface area contributed by atoms with Crippen molar-refractivity contribution in [3.63, 3.8) is 0 Å². The van der Waals surface area contributed by atoms with E-state index in [-0.39, 0.29) is 12.5 Å². The molecule has 23 heavy (non-hydrogen) atoms. The van der Waals surface area contributed by atoms with Gasteiger partial charge in [-0.3, -0.25) is 4.79 Å². The van der Waals surface area contributed by atoms with Gasteiger partial charge in [0.1, 0.15) is 11.6 Å². The molecule has 1 N–H and O–H groups in total. The minimum Gasteiger partial charge on any atom is -0.456 e. The SMILES string of the molecule is Cc1ccc(C(=O)N2CCn3cc(CNS(C)(=O)=O)nc3C2)o1. The number of fused-ring (bicyclic) bond motifs is 1. The maximum absolute atomic E-state index is 12.4. The lowest BCUT2D eigenvalue weighted by atomic mass is 10.3. The monoisotopic (exact) mass is 338 g/mol. The number of carbonyl (C=O) groups excluding carboxylic acids is 1. The lowest BCUT2D eigenvalue weighted by molar-refractivity contribution is 0.0673. The van der Waals surface area contributed by atoms with Gasteiger partial charge in [0.25, 0.3) is 5.91 Å². The van der Waals surface area contributed by atoms with Crippen LogP contribution in [-0.2, 0) is 29.7 Å². The van der Waals surface area contributed by atoms with Crippen molar-refractivity contribution >= 4 is 15.9 Å². The van der Waals surface area contributed by atoms with Crippen molar-refractivity contribution in [1.82, 2.24) is 19.2 Å². The van der Waals surface area contributed by atoms with Gasteiger partial charge in [-0.2, -0.15) is 0 Å². The second-order valence-electron chi connectivity index (χ2n) is 5.57. The van der Waals surface area contributed by atoms with Gasteiger partial charge in [0.05, 0.1) is 25.0 Å². The molecule has 2 aromatic rings. The van der Waals surface area contributed by atoms with Crippen molar-refractivity contribution < 1.29 is 17.6 Å². The molecule has 0 aliphatic carbocycles. The summed E-state index contributed by atoms with van der Waals surface area (Å²) in [5, 5.41) is 0. The number of aryl methyl sites for hydroxylation is 1. The van der Waals surface area contributed by atoms with Gasteiger partial charge in [0.2, 0.25) is 10.0 Å². The van der Waals surface area contributed by atoms with Crippen molar-refractivity contribution in [1.29, 1.82) is 0 Å². The fourth-order valence-electron chi connectivity index (χ4n) is 2.48. The number of hydrogen-bond donors (Lipinski definition) is 1. The summed E-state index contributed by atoms with van der Waals surface area (Å²) in [5.74, 6) is 1.59. The smallest absolute Gasteiger partial charge is 0.290 e. The van der Waals surface area contributed by atoms with E-state index in [9.17, 15) is 13.2 Å². The number of imidazole rings is 1. The number of nitrogens with one attached hydrogen (secondary N) is 1. The Kier molecular flexibility index (Phi) is 3.99. The first-order chi connectivity index (χ1) is 10.8. The standard InChI is InChI=1S/C14H18N4O4S/c1-10-3-4-12(22-10)14(19)18-6-5-17-8-11(16-13(17)9-18)7-15-23(2,20)21/h3-4,8,15H,5-7,9H2,1-2H3. The van der Waals surface area contributed by atoms with Crippen LogP contribution in [0.2, 0.25) is 0 Å². The quantitative estimate of drug-likeness (QED) is 0.875. The van der Waals surface area contributed by atoms with Crippen LogP contribution >= 0.6 is 0 Å². The third-order valence-electron chi connectivity index (χ3n) is 3.61. The molecule has 9 heteroatoms. The van der Waals surface area contributed by atoms with Gasteiger partial charge in [0, 0.05) is 19.3 Å². The Bertz CT molecular complexity index is 837. The lowest BCUT2D eigenvalue weighted by Gasteiger charge is -2.26. The molecule has 0 saturated heterocycles. The maximum Gasteiger partial charge on any atom is 0.290 e. The summed E-state index contributed by atoms with van der Waals surface area (Å²) in [6, 6.07) is 3.42. The second-order valence-corrected chi connectivity index (χ2v) is 7.41. The number of hydrogen-bond acceptors (Lipinski definition) is 5. The predicted octanol–water partition coefficient (Wildman–Crippen LogP) is 0.490. The number of furan rings is 1. The summed E-state index contributed by atoms with van der Waals surface area (Å²) in [4.78, 5) is 18.5. The Hall–Kier alpha value is -2.13. The van der Waals surface area contributed by atoms with Crippen LogP contribution in [0.5, 0.6) is 0 Å². The van der Waals surface area contributed by atoms with Crippen LogP contribution < -0.4 is 4.72 Å². The summed E-state index contributed by atoms with van der Waals surface area (Å²) in [5.41, 5.74) is 0.633. The maximum atomic E-state index is 12.4. The first-order valence-corrected chi connectivity index (χ1v) is 9.06. The topological polar surface area (TPSA) is 97.4 Å². The first-order valence-electron chi connectivity index (χ1n) is 7.17. The summed E-state index contributed by atoms with van der Waals surface area (Å²) in [6.07, 6.45) is 2.92. The molecule has 0 aromatic carbocycles. The van der Waals surface area contributed by atoms with Gasteiger partial charge in [-0.15, -0.1) is 0 Å². The molecule has 1 aliphatic rings. The highest BCUT2D eigenvalue weighted by atomic mass is 32.2. The van der Waals surface area contributed by atoms with Crippen LogP contribution in [0.4, 0.5) is 0 Å². The van der Waals surface area contributed by atoms with Crippen LogP contribution in [0.25, 0.3) is 0 Å². The molecule has 0 radical (unpaired) electrons. The number of carbonyl (C=O) groups is 1. The van der Waals surface area contributed by atoms with Gasteiger partial charge in [0.15, 0.2) is 5.76 Å². The molecule has 0 atom stereocenters. The Morgan fingerprint density at radius 3 is 2.83 bits per heavy atom. The van der Waals surface area contributed by atoms with Crippen LogP contribution in [-0.4, -0.2) is 41.6 Å². The molecule has 0 spiro atoms. The zero-order valence-electron chi connectivity index (χ0n) is 12.9. The van der Waals surface area contributed by atoms with Crippen LogP contribution in [0, 0.1) is 6.92 Å². The van der Waals surface area contributed by atoms with E-state index >= 15 is 0 Å². The zero-order chi connectivity index (χ0) is 16.6. The van der Waals surface area contributed by atoms with Crippen LogP contribution in [0.1, 0.15) is 27.8 Å². The van der Waals surface area contributed by atoms with E-state index in [0.717, 1.165) is 12.1 Å². The molecular formula is C14H18N4O4S. The minimum absolute atomic E-state index is 0.143. The van der Waals surface area contributed by atoms with E-state index in [0.29, 0.717) is 36.8 Å². The summed E-state index contributed by atoms with van der Waals surface area (Å²) >= 11 is 0. The summed E-state index contributed by atoms with van der Waals surface area (Å²) < 4.78 is 32.0. The molecule has 3 heterocycles. The van der Waals surface area contributed by atoms with Crippen LogP contribution in [0.3, 0.4) is 0 Å². The van der Waals surface area contributed by atoms with Gasteiger partial charge >= 0.3 is 0 Å². The number of rotatable bonds is 4. The second kappa shape index (κ2) is 5.82. The Balaban J connectivity index is 1.71. The molecule has 1 aliphatic heterocycles. The van der Waals surface area contributed by atoms with Crippen molar-refractivity contribution in [2.75, 3.05) is 12.8 Å². The Morgan fingerprint density at radius 1 is 1.39 bits per heavy atom. The summed E-state index contributed by atoms with van der Waals surface area (Å²) in [7, 11) is -3.26. The number of aromatic nitrogens is 2. The molecule has 3 rings (SSSR count). The number of sulfonamides is 1. The third kappa shape index (κ3) is 3.62. The molecule has 1 amide bonds. The molecule has 0 bridgehead atoms. The average Bonchev–Trinajstić information content (AvgIpc) is 3.08. The molecular weight excluding hydrogens is 320 g/mol. The highest BCUT2D eigenvalue weighted by molar-refractivity contribution is 7.88. The van der Waals surface area contributed by atoms with E-state index in [1.165, 1.54) is 0 Å². The molecule has 0 unspecified atom stereocenters. The predicted molar refractivity (Wildman–Crippen MR) is 82.1 cm³/mol. The third-order valence-corrected chi connectivity index (χ3v) is 4.27. The molecule has 0 saturated carbocycles. The van der Waals surface area contributed by atoms with E-state index < -0.39 is 10.0 Å². The van der Waals surface area contributed by atoms with E-state index in [1.54, 1.807) is 24.0 Å². The van der Waals surface area contributed by atoms with Gasteiger partial charge in [-0.1, -0.05) is 0 Å². The normalized spacial score (nSPS) is 14.8.